The van der Waals surface area contributed by atoms with Crippen molar-refractivity contribution in [2.24, 2.45) is 0 Å². The minimum Gasteiger partial charge on any atom is -0.507 e. The van der Waals surface area contributed by atoms with Gasteiger partial charge in [0.25, 0.3) is 5.91 Å². The zero-order valence-corrected chi connectivity index (χ0v) is 16.0. The Morgan fingerprint density at radius 1 is 1.24 bits per heavy atom. The van der Waals surface area contributed by atoms with E-state index in [1.165, 1.54) is 6.20 Å². The van der Waals surface area contributed by atoms with Gasteiger partial charge in [-0.1, -0.05) is 6.92 Å². The van der Waals surface area contributed by atoms with Crippen LogP contribution in [0.15, 0.2) is 35.5 Å². The molecule has 2 rings (SSSR count). The third kappa shape index (κ3) is 5.56. The first-order chi connectivity index (χ1) is 13.7. The summed E-state index contributed by atoms with van der Waals surface area (Å²) >= 11 is 0. The van der Waals surface area contributed by atoms with Crippen molar-refractivity contribution in [1.29, 1.82) is 0 Å². The van der Waals surface area contributed by atoms with Crippen LogP contribution in [0.3, 0.4) is 0 Å². The van der Waals surface area contributed by atoms with Gasteiger partial charge in [-0.15, -0.1) is 0 Å². The number of aromatic nitrogens is 2. The summed E-state index contributed by atoms with van der Waals surface area (Å²) in [6, 6.07) is 2.21. The van der Waals surface area contributed by atoms with Gasteiger partial charge in [-0.3, -0.25) is 9.78 Å². The van der Waals surface area contributed by atoms with Crippen LogP contribution in [-0.4, -0.2) is 52.8 Å². The predicted octanol–water partition coefficient (Wildman–Crippen LogP) is 0.0662. The van der Waals surface area contributed by atoms with E-state index in [1.807, 2.05) is 0 Å². The van der Waals surface area contributed by atoms with Gasteiger partial charge in [0.15, 0.2) is 0 Å². The first kappa shape index (κ1) is 21.9. The Morgan fingerprint density at radius 3 is 2.52 bits per heavy atom. The number of carbonyl (C=O) groups excluding carboxylic acids is 2. The normalized spacial score (nSPS) is 12.2. The molecule has 1 amide bonds. The van der Waals surface area contributed by atoms with Crippen LogP contribution in [0, 0.1) is 0 Å². The number of aromatic carboxylic acids is 1. The molecule has 0 fully saturated rings. The zero-order chi connectivity index (χ0) is 21.6. The van der Waals surface area contributed by atoms with Gasteiger partial charge in [0.2, 0.25) is 10.0 Å². The Hall–Kier alpha value is -3.38. The summed E-state index contributed by atoms with van der Waals surface area (Å²) in [5.41, 5.74) is -0.393. The number of carboxylic acid groups (broad SMARTS) is 1. The number of aromatic hydroxyl groups is 1. The lowest BCUT2D eigenvalue weighted by Crippen LogP contribution is -2.36. The average Bonchev–Trinajstić information content (AvgIpc) is 2.70. The fourth-order valence-corrected chi connectivity index (χ4v) is 3.17. The van der Waals surface area contributed by atoms with E-state index in [1.54, 1.807) is 6.92 Å². The third-order valence-electron chi connectivity index (χ3n) is 3.81. The first-order valence-corrected chi connectivity index (χ1v) is 9.79. The molecule has 0 radical (unpaired) electrons. The van der Waals surface area contributed by atoms with Crippen LogP contribution in [0.4, 0.5) is 0 Å². The molecule has 0 bridgehead atoms. The maximum Gasteiger partial charge on any atom is 0.339 e. The van der Waals surface area contributed by atoms with Crippen molar-refractivity contribution in [2.75, 3.05) is 0 Å². The van der Waals surface area contributed by atoms with Gasteiger partial charge in [-0.05, 0) is 24.6 Å². The molecule has 2 aromatic rings. The van der Waals surface area contributed by atoms with Crippen molar-refractivity contribution in [3.05, 3.63) is 47.5 Å². The van der Waals surface area contributed by atoms with Gasteiger partial charge in [-0.25, -0.2) is 22.9 Å². The largest absolute Gasteiger partial charge is 0.507 e. The molecular formula is C17H18N4O7S. The van der Waals surface area contributed by atoms with Crippen molar-refractivity contribution in [3.63, 3.8) is 0 Å². The fraction of sp³-hybridized carbons (Fsp3) is 0.235. The number of benzene rings is 1. The number of carbonyl (C=O) groups is 3. The Labute approximate surface area is 165 Å². The molecule has 1 aromatic heterocycles. The van der Waals surface area contributed by atoms with Crippen LogP contribution in [0.1, 0.15) is 39.9 Å². The lowest BCUT2D eigenvalue weighted by molar-refractivity contribution is -0.109. The number of aldehydes is 1. The second kappa shape index (κ2) is 9.21. The second-order valence-electron chi connectivity index (χ2n) is 5.83. The number of nitrogens with one attached hydrogen (secondary N) is 2. The van der Waals surface area contributed by atoms with Gasteiger partial charge in [-0.2, -0.15) is 0 Å². The highest BCUT2D eigenvalue weighted by Crippen LogP contribution is 2.21. The Balaban J connectivity index is 2.07. The number of phenols is 1. The lowest BCUT2D eigenvalue weighted by Gasteiger charge is -2.10. The van der Waals surface area contributed by atoms with E-state index >= 15 is 0 Å². The summed E-state index contributed by atoms with van der Waals surface area (Å²) in [6.45, 7) is 1.46. The molecule has 1 atom stereocenters. The number of hydrogen-bond acceptors (Lipinski definition) is 8. The second-order valence-corrected chi connectivity index (χ2v) is 7.59. The van der Waals surface area contributed by atoms with Crippen LogP contribution in [0.5, 0.6) is 5.75 Å². The monoisotopic (exact) mass is 422 g/mol. The van der Waals surface area contributed by atoms with Gasteiger partial charge >= 0.3 is 5.97 Å². The number of hydrogen-bond donors (Lipinski definition) is 4. The quantitative estimate of drug-likeness (QED) is 0.407. The van der Waals surface area contributed by atoms with Gasteiger partial charge < -0.3 is 20.3 Å². The smallest absolute Gasteiger partial charge is 0.339 e. The van der Waals surface area contributed by atoms with Crippen molar-refractivity contribution in [3.8, 4) is 5.75 Å². The number of carboxylic acids is 1. The van der Waals surface area contributed by atoms with E-state index in [2.05, 4.69) is 20.0 Å². The van der Waals surface area contributed by atoms with E-state index in [0.717, 1.165) is 24.4 Å². The topological polar surface area (TPSA) is 176 Å². The lowest BCUT2D eigenvalue weighted by atomic mass is 10.2. The molecule has 0 spiro atoms. The SMILES string of the molecule is CCC(C=O)NC(=O)c1cnc(CNS(=O)(=O)c2ccc(O)c(C(=O)O)c2)cn1. The van der Waals surface area contributed by atoms with E-state index in [4.69, 9.17) is 5.11 Å². The minimum atomic E-state index is -4.09. The zero-order valence-electron chi connectivity index (χ0n) is 15.2. The van der Waals surface area contributed by atoms with Crippen molar-refractivity contribution in [2.45, 2.75) is 30.8 Å². The highest BCUT2D eigenvalue weighted by atomic mass is 32.2. The molecule has 12 heteroatoms. The van der Waals surface area contributed by atoms with Gasteiger partial charge in [0.1, 0.15) is 23.3 Å². The summed E-state index contributed by atoms with van der Waals surface area (Å²) in [5.74, 6) is -2.62. The Kier molecular flexibility index (Phi) is 6.96. The minimum absolute atomic E-state index is 0.0402. The molecule has 29 heavy (non-hydrogen) atoms. The Bertz CT molecular complexity index is 1020. The number of sulfonamides is 1. The summed E-state index contributed by atoms with van der Waals surface area (Å²) in [7, 11) is -4.09. The van der Waals surface area contributed by atoms with E-state index < -0.39 is 39.3 Å². The fourth-order valence-electron chi connectivity index (χ4n) is 2.14. The molecule has 11 nitrogen and oxygen atoms in total. The molecule has 0 aliphatic rings. The van der Waals surface area contributed by atoms with Gasteiger partial charge in [0, 0.05) is 0 Å². The highest BCUT2D eigenvalue weighted by molar-refractivity contribution is 7.89. The summed E-state index contributed by atoms with van der Waals surface area (Å²) < 4.78 is 26.9. The van der Waals surface area contributed by atoms with Crippen LogP contribution in [0.25, 0.3) is 0 Å². The van der Waals surface area contributed by atoms with Crippen molar-refractivity contribution in [1.82, 2.24) is 20.0 Å². The number of rotatable bonds is 9. The van der Waals surface area contributed by atoms with Crippen molar-refractivity contribution < 1.29 is 33.0 Å². The first-order valence-electron chi connectivity index (χ1n) is 8.31. The van der Waals surface area contributed by atoms with Crippen LogP contribution in [0.2, 0.25) is 0 Å². The van der Waals surface area contributed by atoms with Crippen molar-refractivity contribution >= 4 is 28.2 Å². The third-order valence-corrected chi connectivity index (χ3v) is 5.21. The predicted molar refractivity (Wildman–Crippen MR) is 98.7 cm³/mol. The van der Waals surface area contributed by atoms with E-state index in [-0.39, 0.29) is 22.8 Å². The molecule has 0 saturated heterocycles. The molecule has 154 valence electrons. The molecule has 4 N–H and O–H groups in total. The molecule has 1 heterocycles. The summed E-state index contributed by atoms with van der Waals surface area (Å²) in [5, 5.41) is 20.9. The molecule has 0 aliphatic carbocycles. The van der Waals surface area contributed by atoms with Crippen LogP contribution in [-0.2, 0) is 21.4 Å². The number of amides is 1. The average molecular weight is 422 g/mol. The molecule has 0 aliphatic heterocycles. The standard InChI is InChI=1S/C17H18N4O7S/c1-2-10(9-22)21-16(24)14-8-18-11(6-19-14)7-20-29(27,28)12-3-4-15(23)13(5-12)17(25)26/h3-6,8-10,20,23H,2,7H2,1H3,(H,21,24)(H,25,26). The van der Waals surface area contributed by atoms with Gasteiger partial charge in [0.05, 0.1) is 35.6 Å². The molecular weight excluding hydrogens is 404 g/mol. The van der Waals surface area contributed by atoms with E-state index in [0.29, 0.717) is 12.7 Å². The maximum absolute atomic E-state index is 12.3. The highest BCUT2D eigenvalue weighted by Gasteiger charge is 2.19. The van der Waals surface area contributed by atoms with Crippen LogP contribution < -0.4 is 10.0 Å². The molecule has 0 saturated carbocycles. The maximum atomic E-state index is 12.3. The summed E-state index contributed by atoms with van der Waals surface area (Å²) in [4.78, 5) is 41.2. The number of nitrogens with zero attached hydrogens (tertiary/aromatic N) is 2. The van der Waals surface area contributed by atoms with Crippen LogP contribution >= 0.6 is 0 Å². The molecule has 1 unspecified atom stereocenters. The molecule has 1 aromatic carbocycles. The van der Waals surface area contributed by atoms with E-state index in [9.17, 15) is 27.9 Å². The Morgan fingerprint density at radius 2 is 1.97 bits per heavy atom. The summed E-state index contributed by atoms with van der Waals surface area (Å²) in [6.07, 6.45) is 3.36.